The number of rotatable bonds is 2. The molecule has 1 aromatic rings. The quantitative estimate of drug-likeness (QED) is 0.612. The van der Waals surface area contributed by atoms with E-state index in [0.717, 1.165) is 12.3 Å². The van der Waals surface area contributed by atoms with Crippen molar-refractivity contribution in [1.29, 1.82) is 0 Å². The number of aromatic nitrogens is 2. The van der Waals surface area contributed by atoms with Crippen LogP contribution >= 0.6 is 0 Å². The number of ether oxygens (including phenoxy) is 1. The summed E-state index contributed by atoms with van der Waals surface area (Å²) in [5.41, 5.74) is 4.21. The van der Waals surface area contributed by atoms with Crippen molar-refractivity contribution in [2.45, 2.75) is 24.4 Å². The van der Waals surface area contributed by atoms with E-state index in [4.69, 9.17) is 15.6 Å². The van der Waals surface area contributed by atoms with E-state index < -0.39 is 36.7 Å². The predicted octanol–water partition coefficient (Wildman–Crippen LogP) is -1.29. The van der Waals surface area contributed by atoms with Crippen molar-refractivity contribution < 1.29 is 23.7 Å². The first kappa shape index (κ1) is 12.9. The van der Waals surface area contributed by atoms with Crippen LogP contribution in [0.15, 0.2) is 17.1 Å². The second-order valence-corrected chi connectivity index (χ2v) is 3.87. The van der Waals surface area contributed by atoms with Gasteiger partial charge in [0.15, 0.2) is 6.10 Å². The van der Waals surface area contributed by atoms with Crippen molar-refractivity contribution in [2.24, 2.45) is 0 Å². The highest BCUT2D eigenvalue weighted by molar-refractivity contribution is 5.23. The SMILES string of the molecule is Nc1ccn(C2O[C@H](CO)[C@@H](O)C2(F)F)c(=O)n1. The maximum Gasteiger partial charge on any atom is 0.351 e. The lowest BCUT2D eigenvalue weighted by atomic mass is 10.1. The number of anilines is 1. The lowest BCUT2D eigenvalue weighted by Gasteiger charge is -2.20. The van der Waals surface area contributed by atoms with Gasteiger partial charge in [-0.15, -0.1) is 0 Å². The predicted molar refractivity (Wildman–Crippen MR) is 54.9 cm³/mol. The van der Waals surface area contributed by atoms with Gasteiger partial charge < -0.3 is 20.7 Å². The molecule has 0 radical (unpaired) electrons. The Hall–Kier alpha value is -1.58. The third-order valence-corrected chi connectivity index (χ3v) is 2.66. The van der Waals surface area contributed by atoms with Crippen LogP contribution in [0.2, 0.25) is 0 Å². The first-order valence-electron chi connectivity index (χ1n) is 5.04. The number of hydrogen-bond donors (Lipinski definition) is 3. The first-order chi connectivity index (χ1) is 8.37. The zero-order chi connectivity index (χ0) is 13.5. The number of alkyl halides is 2. The highest BCUT2D eigenvalue weighted by Crippen LogP contribution is 2.41. The molecular weight excluding hydrogens is 252 g/mol. The third-order valence-electron chi connectivity index (χ3n) is 2.66. The van der Waals surface area contributed by atoms with Crippen LogP contribution in [0.5, 0.6) is 0 Å². The molecule has 1 unspecified atom stereocenters. The molecule has 0 aliphatic carbocycles. The molecule has 0 spiro atoms. The number of nitrogens with two attached hydrogens (primary N) is 1. The van der Waals surface area contributed by atoms with Crippen LogP contribution in [-0.2, 0) is 4.74 Å². The van der Waals surface area contributed by atoms with Gasteiger partial charge in [-0.1, -0.05) is 0 Å². The van der Waals surface area contributed by atoms with Crippen molar-refractivity contribution in [3.63, 3.8) is 0 Å². The normalized spacial score (nSPS) is 30.6. The van der Waals surface area contributed by atoms with Crippen molar-refractivity contribution in [2.75, 3.05) is 12.3 Å². The van der Waals surface area contributed by atoms with Crippen LogP contribution in [0.3, 0.4) is 0 Å². The molecule has 100 valence electrons. The Morgan fingerprint density at radius 2 is 2.28 bits per heavy atom. The molecule has 2 heterocycles. The van der Waals surface area contributed by atoms with Crippen molar-refractivity contribution >= 4 is 5.82 Å². The number of hydrogen-bond acceptors (Lipinski definition) is 6. The average molecular weight is 263 g/mol. The van der Waals surface area contributed by atoms with Crippen LogP contribution in [0, 0.1) is 0 Å². The lowest BCUT2D eigenvalue weighted by Crippen LogP contribution is -2.41. The number of aliphatic hydroxyl groups is 2. The van der Waals surface area contributed by atoms with Gasteiger partial charge in [-0.3, -0.25) is 4.57 Å². The molecule has 4 N–H and O–H groups in total. The Bertz CT molecular complexity index is 507. The minimum Gasteiger partial charge on any atom is -0.394 e. The Labute approximate surface area is 99.4 Å². The summed E-state index contributed by atoms with van der Waals surface area (Å²) < 4.78 is 32.7. The summed E-state index contributed by atoms with van der Waals surface area (Å²) in [6.07, 6.45) is -4.69. The molecule has 3 atom stereocenters. The molecule has 9 heteroatoms. The average Bonchev–Trinajstić information content (AvgIpc) is 2.52. The molecule has 1 saturated heterocycles. The maximum atomic E-state index is 13.7. The molecule has 1 aromatic heterocycles. The van der Waals surface area contributed by atoms with E-state index in [1.165, 1.54) is 0 Å². The second kappa shape index (κ2) is 4.26. The molecule has 0 bridgehead atoms. The minimum absolute atomic E-state index is 0.114. The fourth-order valence-electron chi connectivity index (χ4n) is 1.72. The Kier molecular flexibility index (Phi) is 3.05. The smallest absolute Gasteiger partial charge is 0.351 e. The Morgan fingerprint density at radius 3 is 2.78 bits per heavy atom. The summed E-state index contributed by atoms with van der Waals surface area (Å²) in [5.74, 6) is -3.83. The van der Waals surface area contributed by atoms with Crippen LogP contribution in [0.25, 0.3) is 0 Å². The third kappa shape index (κ3) is 1.85. The fourth-order valence-corrected chi connectivity index (χ4v) is 1.72. The fraction of sp³-hybridized carbons (Fsp3) is 0.556. The molecule has 1 aliphatic rings. The van der Waals surface area contributed by atoms with E-state index in [1.54, 1.807) is 0 Å². The summed E-state index contributed by atoms with van der Waals surface area (Å²) in [6.45, 7) is -0.787. The van der Waals surface area contributed by atoms with Gasteiger partial charge in [0.05, 0.1) is 6.61 Å². The zero-order valence-corrected chi connectivity index (χ0v) is 9.03. The highest BCUT2D eigenvalue weighted by atomic mass is 19.3. The molecule has 7 nitrogen and oxygen atoms in total. The Balaban J connectivity index is 2.42. The van der Waals surface area contributed by atoms with Crippen LogP contribution in [0.1, 0.15) is 6.23 Å². The summed E-state index contributed by atoms with van der Waals surface area (Å²) in [6, 6.07) is 1.15. The van der Waals surface area contributed by atoms with Gasteiger partial charge >= 0.3 is 11.6 Å². The van der Waals surface area contributed by atoms with E-state index in [1.807, 2.05) is 0 Å². The molecule has 1 aliphatic heterocycles. The van der Waals surface area contributed by atoms with E-state index in [9.17, 15) is 18.7 Å². The van der Waals surface area contributed by atoms with Crippen LogP contribution in [0.4, 0.5) is 14.6 Å². The molecule has 0 saturated carbocycles. The Morgan fingerprint density at radius 1 is 1.61 bits per heavy atom. The molecular formula is C9H11F2N3O4. The molecule has 0 amide bonds. The maximum absolute atomic E-state index is 13.7. The monoisotopic (exact) mass is 263 g/mol. The van der Waals surface area contributed by atoms with E-state index >= 15 is 0 Å². The van der Waals surface area contributed by atoms with Crippen LogP contribution < -0.4 is 11.4 Å². The summed E-state index contributed by atoms with van der Waals surface area (Å²) in [5, 5.41) is 18.1. The second-order valence-electron chi connectivity index (χ2n) is 3.87. The number of nitrogen functional groups attached to an aromatic ring is 1. The topological polar surface area (TPSA) is 111 Å². The number of nitrogens with zero attached hydrogens (tertiary/aromatic N) is 2. The summed E-state index contributed by atoms with van der Waals surface area (Å²) in [4.78, 5) is 14.7. The number of aliphatic hydroxyl groups excluding tert-OH is 2. The van der Waals surface area contributed by atoms with Crippen molar-refractivity contribution in [3.05, 3.63) is 22.7 Å². The van der Waals surface area contributed by atoms with Crippen molar-refractivity contribution in [3.8, 4) is 0 Å². The van der Waals surface area contributed by atoms with Gasteiger partial charge in [-0.2, -0.15) is 13.8 Å². The highest BCUT2D eigenvalue weighted by Gasteiger charge is 2.59. The van der Waals surface area contributed by atoms with E-state index in [2.05, 4.69) is 4.98 Å². The van der Waals surface area contributed by atoms with Gasteiger partial charge in [0.1, 0.15) is 11.9 Å². The van der Waals surface area contributed by atoms with Crippen LogP contribution in [-0.4, -0.2) is 44.5 Å². The molecule has 0 aromatic carbocycles. The van der Waals surface area contributed by atoms with Gasteiger partial charge in [-0.05, 0) is 6.07 Å². The largest absolute Gasteiger partial charge is 0.394 e. The lowest BCUT2D eigenvalue weighted by molar-refractivity contribution is -0.140. The number of halogens is 2. The van der Waals surface area contributed by atoms with Gasteiger partial charge in [-0.25, -0.2) is 4.79 Å². The van der Waals surface area contributed by atoms with Gasteiger partial charge in [0.25, 0.3) is 0 Å². The van der Waals surface area contributed by atoms with Crippen molar-refractivity contribution in [1.82, 2.24) is 9.55 Å². The van der Waals surface area contributed by atoms with Gasteiger partial charge in [0.2, 0.25) is 6.23 Å². The van der Waals surface area contributed by atoms with Gasteiger partial charge in [0, 0.05) is 6.20 Å². The summed E-state index contributed by atoms with van der Waals surface area (Å²) in [7, 11) is 0. The van der Waals surface area contributed by atoms with E-state index in [-0.39, 0.29) is 5.82 Å². The standard InChI is InChI=1S/C9H11F2N3O4/c10-9(11)6(16)4(3-15)18-7(9)14-2-1-5(12)13-8(14)17/h1-2,4,6-7,15-16H,3H2,(H2,12,13,17)/t4-,6-,7?/m1/s1. The minimum atomic E-state index is -3.71. The van der Waals surface area contributed by atoms with E-state index in [0.29, 0.717) is 4.57 Å². The first-order valence-corrected chi connectivity index (χ1v) is 5.04. The molecule has 2 rings (SSSR count). The summed E-state index contributed by atoms with van der Waals surface area (Å²) >= 11 is 0. The zero-order valence-electron chi connectivity index (χ0n) is 9.03. The molecule has 18 heavy (non-hydrogen) atoms. The molecule has 1 fully saturated rings.